The van der Waals surface area contributed by atoms with Crippen LogP contribution in [0.15, 0.2) is 21.2 Å². The number of esters is 1. The molecule has 154 valence electrons. The molecule has 2 N–H and O–H groups in total. The zero-order chi connectivity index (χ0) is 20.7. The van der Waals surface area contributed by atoms with Gasteiger partial charge in [-0.1, -0.05) is 11.8 Å². The lowest BCUT2D eigenvalue weighted by Gasteiger charge is -2.26. The van der Waals surface area contributed by atoms with E-state index in [2.05, 4.69) is 10.6 Å². The molecule has 0 radical (unpaired) electrons. The van der Waals surface area contributed by atoms with Gasteiger partial charge < -0.3 is 15.4 Å². The number of thiophene rings is 1. The first-order chi connectivity index (χ1) is 13.9. The maximum atomic E-state index is 12.9. The van der Waals surface area contributed by atoms with Gasteiger partial charge in [-0.25, -0.2) is 14.6 Å². The molecule has 1 aliphatic heterocycles. The van der Waals surface area contributed by atoms with Gasteiger partial charge in [-0.05, 0) is 38.7 Å². The Balaban J connectivity index is 1.67. The van der Waals surface area contributed by atoms with Gasteiger partial charge in [0.25, 0.3) is 5.56 Å². The molecule has 2 aromatic heterocycles. The number of hydrogen-bond donors (Lipinski definition) is 2. The Morgan fingerprint density at radius 2 is 2.17 bits per heavy atom. The number of nitrogens with zero attached hydrogens (tertiary/aromatic N) is 2. The van der Waals surface area contributed by atoms with Gasteiger partial charge in [0, 0.05) is 23.4 Å². The highest BCUT2D eigenvalue weighted by Crippen LogP contribution is 2.35. The standard InChI is InChI=1S/C19H22N4O4S2/c1-4-27-17(25)13-9(2)20-18(26)21-11(13)8-28-19-22-15-14(16(24)23(19)3)10-6-5-7-12(10)29-15/h9H,4-8H2,1-3H3,(H2,20,21,26)/t9-/m0/s1. The summed E-state index contributed by atoms with van der Waals surface area (Å²) in [7, 11) is 1.71. The number of aryl methyl sites for hydroxylation is 2. The van der Waals surface area contributed by atoms with E-state index in [-0.39, 0.29) is 18.2 Å². The summed E-state index contributed by atoms with van der Waals surface area (Å²) in [6, 6.07) is -0.828. The minimum Gasteiger partial charge on any atom is -0.463 e. The van der Waals surface area contributed by atoms with Crippen LogP contribution >= 0.6 is 23.1 Å². The molecule has 8 nitrogen and oxygen atoms in total. The van der Waals surface area contributed by atoms with E-state index in [4.69, 9.17) is 9.72 Å². The van der Waals surface area contributed by atoms with Crippen molar-refractivity contribution in [2.24, 2.45) is 7.05 Å². The summed E-state index contributed by atoms with van der Waals surface area (Å²) >= 11 is 2.91. The quantitative estimate of drug-likeness (QED) is 0.424. The number of ether oxygens (including phenoxy) is 1. The number of carbonyl (C=O) groups is 2. The molecule has 0 spiro atoms. The number of hydrogen-bond acceptors (Lipinski definition) is 7. The molecule has 2 aliphatic rings. The Morgan fingerprint density at radius 3 is 2.93 bits per heavy atom. The van der Waals surface area contributed by atoms with Crippen molar-refractivity contribution in [1.82, 2.24) is 20.2 Å². The number of carbonyl (C=O) groups excluding carboxylic acids is 2. The van der Waals surface area contributed by atoms with Crippen molar-refractivity contribution in [3.8, 4) is 0 Å². The van der Waals surface area contributed by atoms with E-state index in [0.717, 1.165) is 35.0 Å². The fourth-order valence-electron chi connectivity index (χ4n) is 3.76. The van der Waals surface area contributed by atoms with E-state index < -0.39 is 12.0 Å². The van der Waals surface area contributed by atoms with Gasteiger partial charge >= 0.3 is 12.0 Å². The lowest BCUT2D eigenvalue weighted by molar-refractivity contribution is -0.138. The number of thioether (sulfide) groups is 1. The van der Waals surface area contributed by atoms with Gasteiger partial charge in [0.1, 0.15) is 4.83 Å². The van der Waals surface area contributed by atoms with Crippen LogP contribution in [0.1, 0.15) is 30.7 Å². The Labute approximate surface area is 175 Å². The van der Waals surface area contributed by atoms with Crippen LogP contribution in [0.5, 0.6) is 0 Å². The Kier molecular flexibility index (Phi) is 5.39. The van der Waals surface area contributed by atoms with E-state index >= 15 is 0 Å². The normalized spacial score (nSPS) is 18.6. The molecule has 1 atom stereocenters. The topological polar surface area (TPSA) is 102 Å². The molecule has 0 saturated heterocycles. The van der Waals surface area contributed by atoms with Gasteiger partial charge in [0.2, 0.25) is 0 Å². The van der Waals surface area contributed by atoms with Crippen molar-refractivity contribution in [2.75, 3.05) is 12.4 Å². The molecule has 29 heavy (non-hydrogen) atoms. The van der Waals surface area contributed by atoms with E-state index in [1.54, 1.807) is 36.8 Å². The number of urea groups is 1. The highest BCUT2D eigenvalue weighted by atomic mass is 32.2. The van der Waals surface area contributed by atoms with Gasteiger partial charge in [-0.2, -0.15) is 0 Å². The predicted octanol–water partition coefficient (Wildman–Crippen LogP) is 2.09. The van der Waals surface area contributed by atoms with Crippen LogP contribution in [-0.4, -0.2) is 40.0 Å². The second-order valence-electron chi connectivity index (χ2n) is 7.02. The zero-order valence-corrected chi connectivity index (χ0v) is 18.1. The van der Waals surface area contributed by atoms with Crippen molar-refractivity contribution < 1.29 is 14.3 Å². The first-order valence-corrected chi connectivity index (χ1v) is 11.3. The number of amides is 2. The van der Waals surface area contributed by atoms with Crippen LogP contribution in [-0.2, 0) is 29.4 Å². The Morgan fingerprint density at radius 1 is 1.38 bits per heavy atom. The highest BCUT2D eigenvalue weighted by Gasteiger charge is 2.30. The predicted molar refractivity (Wildman–Crippen MR) is 112 cm³/mol. The summed E-state index contributed by atoms with van der Waals surface area (Å²) in [6.07, 6.45) is 3.04. The summed E-state index contributed by atoms with van der Waals surface area (Å²) in [6.45, 7) is 3.72. The molecule has 0 bridgehead atoms. The van der Waals surface area contributed by atoms with Crippen LogP contribution in [0.25, 0.3) is 10.2 Å². The van der Waals surface area contributed by atoms with E-state index in [1.165, 1.54) is 16.6 Å². The minimum atomic E-state index is -0.463. The lowest BCUT2D eigenvalue weighted by atomic mass is 10.1. The molecule has 10 heteroatoms. The van der Waals surface area contributed by atoms with Crippen LogP contribution in [0.3, 0.4) is 0 Å². The smallest absolute Gasteiger partial charge is 0.337 e. The average Bonchev–Trinajstić information content (AvgIpc) is 3.23. The lowest BCUT2D eigenvalue weighted by Crippen LogP contribution is -2.49. The molecule has 4 rings (SSSR count). The molecule has 3 heterocycles. The van der Waals surface area contributed by atoms with Crippen molar-refractivity contribution in [2.45, 2.75) is 44.3 Å². The van der Waals surface area contributed by atoms with E-state index in [0.29, 0.717) is 22.2 Å². The van der Waals surface area contributed by atoms with Gasteiger partial charge in [0.05, 0.1) is 23.6 Å². The Hall–Kier alpha value is -2.33. The summed E-state index contributed by atoms with van der Waals surface area (Å²) in [4.78, 5) is 43.9. The molecule has 0 aromatic carbocycles. The van der Waals surface area contributed by atoms with Gasteiger partial charge in [-0.15, -0.1) is 11.3 Å². The zero-order valence-electron chi connectivity index (χ0n) is 16.5. The SMILES string of the molecule is CCOC(=O)C1=C(CSc2nc3sc4c(c3c(=O)n2C)CCC4)NC(=O)N[C@H]1C. The Bertz CT molecular complexity index is 1100. The highest BCUT2D eigenvalue weighted by molar-refractivity contribution is 7.99. The minimum absolute atomic E-state index is 0.0424. The molecule has 2 aromatic rings. The molecule has 0 saturated carbocycles. The molecule has 2 amide bonds. The van der Waals surface area contributed by atoms with Crippen molar-refractivity contribution in [3.63, 3.8) is 0 Å². The van der Waals surface area contributed by atoms with Gasteiger partial charge in [0.15, 0.2) is 5.16 Å². The monoisotopic (exact) mass is 434 g/mol. The maximum absolute atomic E-state index is 12.9. The number of fused-ring (bicyclic) bond motifs is 3. The third-order valence-corrected chi connectivity index (χ3v) is 7.36. The third kappa shape index (κ3) is 3.55. The van der Waals surface area contributed by atoms with Crippen LogP contribution < -0.4 is 16.2 Å². The fraction of sp³-hybridized carbons (Fsp3) is 0.474. The fourth-order valence-corrected chi connectivity index (χ4v) is 6.01. The van der Waals surface area contributed by atoms with E-state index in [1.807, 2.05) is 0 Å². The second-order valence-corrected chi connectivity index (χ2v) is 9.04. The molecule has 0 unspecified atom stereocenters. The maximum Gasteiger partial charge on any atom is 0.337 e. The number of aromatic nitrogens is 2. The van der Waals surface area contributed by atoms with Crippen molar-refractivity contribution >= 4 is 45.3 Å². The van der Waals surface area contributed by atoms with E-state index in [9.17, 15) is 14.4 Å². The van der Waals surface area contributed by atoms with Gasteiger partial charge in [-0.3, -0.25) is 9.36 Å². The number of rotatable bonds is 5. The summed E-state index contributed by atoms with van der Waals surface area (Å²) in [5.74, 6) is -0.168. The first kappa shape index (κ1) is 20.0. The van der Waals surface area contributed by atoms with Crippen LogP contribution in [0.2, 0.25) is 0 Å². The third-order valence-electron chi connectivity index (χ3n) is 5.12. The summed E-state index contributed by atoms with van der Waals surface area (Å²) in [5.41, 5.74) is 1.98. The average molecular weight is 435 g/mol. The summed E-state index contributed by atoms with van der Waals surface area (Å²) < 4.78 is 6.69. The van der Waals surface area contributed by atoms with Crippen LogP contribution in [0, 0.1) is 0 Å². The number of nitrogens with one attached hydrogen (secondary N) is 2. The molecule has 0 fully saturated rings. The second kappa shape index (κ2) is 7.83. The molecule has 1 aliphatic carbocycles. The molecular formula is C19H22N4O4S2. The first-order valence-electron chi connectivity index (χ1n) is 9.52. The van der Waals surface area contributed by atoms with Crippen LogP contribution in [0.4, 0.5) is 4.79 Å². The molecular weight excluding hydrogens is 412 g/mol. The van der Waals surface area contributed by atoms with Crippen molar-refractivity contribution in [1.29, 1.82) is 0 Å². The van der Waals surface area contributed by atoms with Crippen molar-refractivity contribution in [3.05, 3.63) is 32.1 Å². The summed E-state index contributed by atoms with van der Waals surface area (Å²) in [5, 5.41) is 6.68. The largest absolute Gasteiger partial charge is 0.463 e.